The van der Waals surface area contributed by atoms with Gasteiger partial charge in [-0.15, -0.1) is 0 Å². The molecular weight excluding hydrogens is 352 g/mol. The van der Waals surface area contributed by atoms with Crippen molar-refractivity contribution in [2.24, 2.45) is 0 Å². The number of likely N-dealkylation sites (tertiary alicyclic amines) is 2. The Labute approximate surface area is 168 Å². The Morgan fingerprint density at radius 1 is 1.00 bits per heavy atom. The summed E-state index contributed by atoms with van der Waals surface area (Å²) in [4.78, 5) is 19.8. The Morgan fingerprint density at radius 2 is 1.75 bits per heavy atom. The van der Waals surface area contributed by atoms with Crippen LogP contribution in [0.2, 0.25) is 0 Å². The molecule has 0 spiro atoms. The fraction of sp³-hybridized carbons (Fsp3) is 0.682. The molecule has 3 aliphatic rings. The number of carbonyl (C=O) groups excluding carboxylic acids is 1. The Morgan fingerprint density at radius 3 is 2.50 bits per heavy atom. The maximum Gasteiger partial charge on any atom is 0.317 e. The lowest BCUT2D eigenvalue weighted by Gasteiger charge is -2.40. The first kappa shape index (κ1) is 19.7. The first-order valence-corrected chi connectivity index (χ1v) is 10.9. The SMILES string of the molecule is O=C(NC1CCCN(Cc2ccccc2)C1)N1CCC(N2CCOCC2)CC1. The molecule has 3 saturated heterocycles. The number of ether oxygens (including phenoxy) is 1. The lowest BCUT2D eigenvalue weighted by molar-refractivity contribution is 0.00364. The van der Waals surface area contributed by atoms with Crippen LogP contribution in [0.4, 0.5) is 4.79 Å². The predicted octanol–water partition coefficient (Wildman–Crippen LogP) is 2.16. The second-order valence-corrected chi connectivity index (χ2v) is 8.38. The molecule has 154 valence electrons. The molecule has 1 aromatic carbocycles. The van der Waals surface area contributed by atoms with Crippen LogP contribution < -0.4 is 5.32 Å². The van der Waals surface area contributed by atoms with Crippen LogP contribution in [0, 0.1) is 0 Å². The molecular formula is C22H34N4O2. The number of benzene rings is 1. The standard InChI is InChI=1S/C22H34N4O2/c27-22(26-11-8-21(9-12-26)25-13-15-28-16-14-25)23-20-7-4-10-24(18-20)17-19-5-2-1-3-6-19/h1-3,5-6,20-21H,4,7-18H2,(H,23,27). The van der Waals surface area contributed by atoms with Crippen LogP contribution in [0.5, 0.6) is 0 Å². The Balaban J connectivity index is 1.21. The molecule has 28 heavy (non-hydrogen) atoms. The molecule has 6 nitrogen and oxygen atoms in total. The molecule has 2 amide bonds. The monoisotopic (exact) mass is 386 g/mol. The largest absolute Gasteiger partial charge is 0.379 e. The van der Waals surface area contributed by atoms with Gasteiger partial charge in [-0.25, -0.2) is 4.79 Å². The van der Waals surface area contributed by atoms with Crippen molar-refractivity contribution in [3.05, 3.63) is 35.9 Å². The summed E-state index contributed by atoms with van der Waals surface area (Å²) >= 11 is 0. The third kappa shape index (κ3) is 5.25. The maximum atomic E-state index is 12.8. The third-order valence-electron chi connectivity index (χ3n) is 6.40. The van der Waals surface area contributed by atoms with Gasteiger partial charge in [-0.05, 0) is 37.8 Å². The summed E-state index contributed by atoms with van der Waals surface area (Å²) in [5.74, 6) is 0. The van der Waals surface area contributed by atoms with Gasteiger partial charge in [0, 0.05) is 51.4 Å². The Hall–Kier alpha value is -1.63. The molecule has 0 radical (unpaired) electrons. The molecule has 4 rings (SSSR count). The molecule has 3 heterocycles. The normalized spacial score (nSPS) is 25.6. The van der Waals surface area contributed by atoms with Gasteiger partial charge in [0.2, 0.25) is 0 Å². The number of nitrogens with one attached hydrogen (secondary N) is 1. The first-order valence-electron chi connectivity index (χ1n) is 10.9. The van der Waals surface area contributed by atoms with Gasteiger partial charge < -0.3 is 15.0 Å². The van der Waals surface area contributed by atoms with Gasteiger partial charge in [-0.1, -0.05) is 30.3 Å². The summed E-state index contributed by atoms with van der Waals surface area (Å²) in [5.41, 5.74) is 1.35. The van der Waals surface area contributed by atoms with Crippen LogP contribution in [0.25, 0.3) is 0 Å². The van der Waals surface area contributed by atoms with Gasteiger partial charge in [0.15, 0.2) is 0 Å². The number of amides is 2. The van der Waals surface area contributed by atoms with Crippen molar-refractivity contribution in [1.82, 2.24) is 20.0 Å². The van der Waals surface area contributed by atoms with E-state index in [0.717, 1.165) is 84.7 Å². The number of hydrogen-bond donors (Lipinski definition) is 1. The highest BCUT2D eigenvalue weighted by atomic mass is 16.5. The molecule has 3 fully saturated rings. The van der Waals surface area contributed by atoms with E-state index in [1.165, 1.54) is 5.56 Å². The average molecular weight is 387 g/mol. The van der Waals surface area contributed by atoms with Crippen LogP contribution in [0.3, 0.4) is 0 Å². The summed E-state index contributed by atoms with van der Waals surface area (Å²) in [6, 6.07) is 11.6. The van der Waals surface area contributed by atoms with Crippen molar-refractivity contribution >= 4 is 6.03 Å². The summed E-state index contributed by atoms with van der Waals surface area (Å²) in [5, 5.41) is 3.31. The average Bonchev–Trinajstić information content (AvgIpc) is 2.75. The Bertz CT molecular complexity index is 612. The highest BCUT2D eigenvalue weighted by molar-refractivity contribution is 5.74. The molecule has 0 saturated carbocycles. The topological polar surface area (TPSA) is 48.1 Å². The van der Waals surface area contributed by atoms with E-state index in [-0.39, 0.29) is 12.1 Å². The van der Waals surface area contributed by atoms with Gasteiger partial charge >= 0.3 is 6.03 Å². The lowest BCUT2D eigenvalue weighted by atomic mass is 10.0. The van der Waals surface area contributed by atoms with Crippen LogP contribution in [-0.4, -0.2) is 85.3 Å². The van der Waals surface area contributed by atoms with Gasteiger partial charge in [-0.2, -0.15) is 0 Å². The fourth-order valence-electron chi connectivity index (χ4n) is 4.80. The van der Waals surface area contributed by atoms with E-state index < -0.39 is 0 Å². The lowest BCUT2D eigenvalue weighted by Crippen LogP contribution is -2.55. The van der Waals surface area contributed by atoms with E-state index in [1.54, 1.807) is 0 Å². The fourth-order valence-corrected chi connectivity index (χ4v) is 4.80. The predicted molar refractivity (Wildman–Crippen MR) is 110 cm³/mol. The number of nitrogens with zero attached hydrogens (tertiary/aromatic N) is 3. The van der Waals surface area contributed by atoms with Crippen LogP contribution in [0.15, 0.2) is 30.3 Å². The summed E-state index contributed by atoms with van der Waals surface area (Å²) < 4.78 is 5.46. The summed E-state index contributed by atoms with van der Waals surface area (Å²) in [6.45, 7) is 8.55. The molecule has 6 heteroatoms. The van der Waals surface area contributed by atoms with Crippen LogP contribution in [-0.2, 0) is 11.3 Å². The molecule has 1 unspecified atom stereocenters. The van der Waals surface area contributed by atoms with Crippen molar-refractivity contribution < 1.29 is 9.53 Å². The molecule has 1 aromatic rings. The Kier molecular flexibility index (Phi) is 6.83. The van der Waals surface area contributed by atoms with E-state index in [2.05, 4.69) is 45.4 Å². The number of piperidine rings is 2. The highest BCUT2D eigenvalue weighted by Gasteiger charge is 2.29. The van der Waals surface area contributed by atoms with Crippen molar-refractivity contribution in [2.45, 2.75) is 44.3 Å². The quantitative estimate of drug-likeness (QED) is 0.862. The second-order valence-electron chi connectivity index (χ2n) is 8.38. The van der Waals surface area contributed by atoms with E-state index in [0.29, 0.717) is 6.04 Å². The minimum Gasteiger partial charge on any atom is -0.379 e. The van der Waals surface area contributed by atoms with Crippen LogP contribution >= 0.6 is 0 Å². The zero-order chi connectivity index (χ0) is 19.2. The maximum absolute atomic E-state index is 12.8. The van der Waals surface area contributed by atoms with Gasteiger partial charge in [-0.3, -0.25) is 9.80 Å². The zero-order valence-electron chi connectivity index (χ0n) is 16.9. The highest BCUT2D eigenvalue weighted by Crippen LogP contribution is 2.19. The van der Waals surface area contributed by atoms with E-state index in [4.69, 9.17) is 4.74 Å². The number of morpholine rings is 1. The molecule has 0 bridgehead atoms. The number of carbonyl (C=O) groups is 1. The molecule has 1 N–H and O–H groups in total. The summed E-state index contributed by atoms with van der Waals surface area (Å²) in [7, 11) is 0. The molecule has 0 aliphatic carbocycles. The smallest absolute Gasteiger partial charge is 0.317 e. The zero-order valence-corrected chi connectivity index (χ0v) is 16.9. The van der Waals surface area contributed by atoms with E-state index in [1.807, 2.05) is 4.90 Å². The van der Waals surface area contributed by atoms with E-state index in [9.17, 15) is 4.79 Å². The van der Waals surface area contributed by atoms with Crippen molar-refractivity contribution in [3.8, 4) is 0 Å². The third-order valence-corrected chi connectivity index (χ3v) is 6.40. The van der Waals surface area contributed by atoms with Gasteiger partial charge in [0.1, 0.15) is 0 Å². The van der Waals surface area contributed by atoms with Crippen molar-refractivity contribution in [2.75, 3.05) is 52.5 Å². The van der Waals surface area contributed by atoms with Gasteiger partial charge in [0.05, 0.1) is 13.2 Å². The second kappa shape index (κ2) is 9.72. The number of hydrogen-bond acceptors (Lipinski definition) is 4. The molecule has 1 atom stereocenters. The summed E-state index contributed by atoms with van der Waals surface area (Å²) in [6.07, 6.45) is 4.40. The van der Waals surface area contributed by atoms with Gasteiger partial charge in [0.25, 0.3) is 0 Å². The number of urea groups is 1. The minimum atomic E-state index is 0.131. The first-order chi connectivity index (χ1) is 13.8. The van der Waals surface area contributed by atoms with Crippen LogP contribution in [0.1, 0.15) is 31.2 Å². The van der Waals surface area contributed by atoms with E-state index >= 15 is 0 Å². The molecule has 0 aromatic heterocycles. The number of rotatable bonds is 4. The minimum absolute atomic E-state index is 0.131. The molecule has 3 aliphatic heterocycles. The van der Waals surface area contributed by atoms with Crippen molar-refractivity contribution in [3.63, 3.8) is 0 Å². The van der Waals surface area contributed by atoms with Crippen molar-refractivity contribution in [1.29, 1.82) is 0 Å².